The molecule has 0 bridgehead atoms. The van der Waals surface area contributed by atoms with Crippen LogP contribution in [0.25, 0.3) is 0 Å². The van der Waals surface area contributed by atoms with Gasteiger partial charge in [-0.2, -0.15) is 0 Å². The first-order valence-electron chi connectivity index (χ1n) is 9.52. The fourth-order valence-corrected chi connectivity index (χ4v) is 4.12. The Morgan fingerprint density at radius 3 is 2.48 bits per heavy atom. The summed E-state index contributed by atoms with van der Waals surface area (Å²) in [5.74, 6) is 0.113. The molecule has 2 N–H and O–H groups in total. The van der Waals surface area contributed by atoms with Crippen LogP contribution in [-0.4, -0.2) is 88.2 Å². The fourth-order valence-electron chi connectivity index (χ4n) is 4.12. The van der Waals surface area contributed by atoms with E-state index in [0.29, 0.717) is 26.2 Å². The van der Waals surface area contributed by atoms with Crippen molar-refractivity contribution in [3.8, 4) is 0 Å². The van der Waals surface area contributed by atoms with Crippen molar-refractivity contribution in [3.05, 3.63) is 11.9 Å². The predicted octanol–water partition coefficient (Wildman–Crippen LogP) is 0.506. The van der Waals surface area contributed by atoms with Gasteiger partial charge in [-0.05, 0) is 25.2 Å². The summed E-state index contributed by atoms with van der Waals surface area (Å²) in [5, 5.41) is 11.4. The van der Waals surface area contributed by atoms with Crippen molar-refractivity contribution in [1.29, 1.82) is 0 Å². The molecule has 0 saturated carbocycles. The van der Waals surface area contributed by atoms with Gasteiger partial charge in [-0.25, -0.2) is 4.79 Å². The van der Waals surface area contributed by atoms with Gasteiger partial charge < -0.3 is 30.0 Å². The molecule has 2 fully saturated rings. The maximum atomic E-state index is 12.8. The third-order valence-electron chi connectivity index (χ3n) is 5.40. The molecule has 0 aromatic heterocycles. The van der Waals surface area contributed by atoms with E-state index in [1.807, 2.05) is 36.9 Å². The quantitative estimate of drug-likeness (QED) is 0.722. The number of hydrogen-bond acceptors (Lipinski definition) is 5. The molecule has 0 aliphatic carbocycles. The molecule has 0 unspecified atom stereocenters. The zero-order valence-corrected chi connectivity index (χ0v) is 16.2. The Bertz CT molecular complexity index is 642. The van der Waals surface area contributed by atoms with Crippen LogP contribution in [0.3, 0.4) is 0 Å². The van der Waals surface area contributed by atoms with Crippen molar-refractivity contribution in [3.63, 3.8) is 0 Å². The molecule has 3 aliphatic heterocycles. The number of carbonyl (C=O) groups is 3. The lowest BCUT2D eigenvalue weighted by molar-refractivity contribution is -0.136. The molecule has 150 valence electrons. The normalized spacial score (nSPS) is 21.6. The molecule has 0 spiro atoms. The van der Waals surface area contributed by atoms with Gasteiger partial charge in [0.2, 0.25) is 5.91 Å². The zero-order valence-electron chi connectivity index (χ0n) is 16.2. The summed E-state index contributed by atoms with van der Waals surface area (Å²) in [6.45, 7) is 6.35. The molecule has 9 nitrogen and oxygen atoms in total. The Morgan fingerprint density at radius 1 is 1.26 bits per heavy atom. The molecule has 0 radical (unpaired) electrons. The number of nitrogens with zero attached hydrogens (tertiary/aromatic N) is 4. The topological polar surface area (TPSA) is 96.4 Å². The van der Waals surface area contributed by atoms with Crippen molar-refractivity contribution < 1.29 is 19.5 Å². The number of likely N-dealkylation sites (tertiary alicyclic amines) is 1. The standard InChI is InChI=1S/C18H29N5O4/c1-12(2)8-14(19-18(26)27)16(24)21-6-4-13(5-7-21)23-11-22-10-20(3)9-15(22)17(23)25/h9,12-14,19H,4-8,10-11H2,1-3H3,(H,26,27)/t14-/m1/s1. The monoisotopic (exact) mass is 379 g/mol. The van der Waals surface area contributed by atoms with E-state index in [-0.39, 0.29) is 23.8 Å². The molecular formula is C18H29N5O4. The van der Waals surface area contributed by atoms with Crippen molar-refractivity contribution in [2.75, 3.05) is 33.5 Å². The van der Waals surface area contributed by atoms with Crippen molar-refractivity contribution in [2.24, 2.45) is 5.92 Å². The van der Waals surface area contributed by atoms with Crippen LogP contribution in [-0.2, 0) is 9.59 Å². The van der Waals surface area contributed by atoms with Crippen LogP contribution in [0.15, 0.2) is 11.9 Å². The van der Waals surface area contributed by atoms with Crippen molar-refractivity contribution in [1.82, 2.24) is 24.9 Å². The van der Waals surface area contributed by atoms with Crippen LogP contribution in [0.1, 0.15) is 33.1 Å². The van der Waals surface area contributed by atoms with Gasteiger partial charge in [0.1, 0.15) is 11.7 Å². The van der Waals surface area contributed by atoms with E-state index >= 15 is 0 Å². The van der Waals surface area contributed by atoms with Gasteiger partial charge >= 0.3 is 6.09 Å². The Morgan fingerprint density at radius 2 is 1.93 bits per heavy atom. The van der Waals surface area contributed by atoms with E-state index < -0.39 is 12.1 Å². The lowest BCUT2D eigenvalue weighted by Gasteiger charge is -2.38. The highest BCUT2D eigenvalue weighted by molar-refractivity contribution is 5.95. The van der Waals surface area contributed by atoms with E-state index in [1.165, 1.54) is 0 Å². The molecule has 27 heavy (non-hydrogen) atoms. The van der Waals surface area contributed by atoms with E-state index in [0.717, 1.165) is 25.2 Å². The molecular weight excluding hydrogens is 350 g/mol. The summed E-state index contributed by atoms with van der Waals surface area (Å²) in [4.78, 5) is 44.1. The Kier molecular flexibility index (Phi) is 5.48. The van der Waals surface area contributed by atoms with E-state index in [4.69, 9.17) is 5.11 Å². The molecule has 3 heterocycles. The maximum absolute atomic E-state index is 12.8. The zero-order chi connectivity index (χ0) is 19.7. The minimum Gasteiger partial charge on any atom is -0.465 e. The summed E-state index contributed by atoms with van der Waals surface area (Å²) in [5.41, 5.74) is 0.749. The maximum Gasteiger partial charge on any atom is 0.405 e. The molecule has 2 saturated heterocycles. The number of carboxylic acid groups (broad SMARTS) is 1. The minimum atomic E-state index is -1.18. The van der Waals surface area contributed by atoms with E-state index in [2.05, 4.69) is 10.2 Å². The Hall–Kier alpha value is -2.45. The van der Waals surface area contributed by atoms with Crippen LogP contribution in [0.2, 0.25) is 0 Å². The Labute approximate surface area is 159 Å². The number of hydrogen-bond donors (Lipinski definition) is 2. The second-order valence-electron chi connectivity index (χ2n) is 8.06. The summed E-state index contributed by atoms with van der Waals surface area (Å²) >= 11 is 0. The first kappa shape index (κ1) is 19.3. The van der Waals surface area contributed by atoms with Gasteiger partial charge in [0, 0.05) is 32.4 Å². The van der Waals surface area contributed by atoms with Crippen molar-refractivity contribution in [2.45, 2.75) is 45.2 Å². The molecule has 1 atom stereocenters. The first-order valence-corrected chi connectivity index (χ1v) is 9.52. The fraction of sp³-hybridized carbons (Fsp3) is 0.722. The second-order valence-corrected chi connectivity index (χ2v) is 8.06. The third-order valence-corrected chi connectivity index (χ3v) is 5.40. The van der Waals surface area contributed by atoms with E-state index in [1.54, 1.807) is 4.90 Å². The molecule has 3 aliphatic rings. The molecule has 3 rings (SSSR count). The van der Waals surface area contributed by atoms with Crippen molar-refractivity contribution >= 4 is 17.9 Å². The summed E-state index contributed by atoms with van der Waals surface area (Å²) in [6, 6.07) is -0.590. The summed E-state index contributed by atoms with van der Waals surface area (Å²) in [6.07, 6.45) is 2.62. The second kappa shape index (κ2) is 7.66. The highest BCUT2D eigenvalue weighted by atomic mass is 16.4. The smallest absolute Gasteiger partial charge is 0.405 e. The average molecular weight is 379 g/mol. The molecule has 0 aromatic carbocycles. The minimum absolute atomic E-state index is 0.0642. The first-order chi connectivity index (χ1) is 12.8. The van der Waals surface area contributed by atoms with Gasteiger partial charge in [-0.15, -0.1) is 0 Å². The average Bonchev–Trinajstić information content (AvgIpc) is 3.10. The van der Waals surface area contributed by atoms with Crippen LogP contribution in [0.5, 0.6) is 0 Å². The number of rotatable bonds is 5. The molecule has 3 amide bonds. The van der Waals surface area contributed by atoms with Crippen LogP contribution < -0.4 is 5.32 Å². The SMILES string of the molecule is CC(C)C[C@@H](NC(=O)O)C(=O)N1CCC(N2CN3CN(C)C=C3C2=O)CC1. The summed E-state index contributed by atoms with van der Waals surface area (Å²) < 4.78 is 0. The number of carbonyl (C=O) groups excluding carboxylic acids is 2. The largest absolute Gasteiger partial charge is 0.465 e. The predicted molar refractivity (Wildman–Crippen MR) is 98.3 cm³/mol. The molecule has 9 heteroatoms. The molecule has 0 aromatic rings. The lowest BCUT2D eigenvalue weighted by atomic mass is 9.99. The highest BCUT2D eigenvalue weighted by Crippen LogP contribution is 2.29. The Balaban J connectivity index is 1.57. The van der Waals surface area contributed by atoms with Gasteiger partial charge in [0.25, 0.3) is 5.91 Å². The van der Waals surface area contributed by atoms with Gasteiger partial charge in [-0.1, -0.05) is 13.8 Å². The van der Waals surface area contributed by atoms with Crippen LogP contribution in [0.4, 0.5) is 4.79 Å². The highest BCUT2D eigenvalue weighted by Gasteiger charge is 2.41. The number of fused-ring (bicyclic) bond motifs is 1. The van der Waals surface area contributed by atoms with Crippen LogP contribution >= 0.6 is 0 Å². The third kappa shape index (κ3) is 4.12. The number of amides is 3. The number of piperidine rings is 1. The van der Waals surface area contributed by atoms with Gasteiger partial charge in [-0.3, -0.25) is 9.59 Å². The number of nitrogens with one attached hydrogen (secondary N) is 1. The van der Waals surface area contributed by atoms with Crippen LogP contribution in [0, 0.1) is 5.92 Å². The lowest BCUT2D eigenvalue weighted by Crippen LogP contribution is -2.53. The van der Waals surface area contributed by atoms with Gasteiger partial charge in [0.15, 0.2) is 0 Å². The summed E-state index contributed by atoms with van der Waals surface area (Å²) in [7, 11) is 1.95. The van der Waals surface area contributed by atoms with Gasteiger partial charge in [0.05, 0.1) is 13.3 Å². The van der Waals surface area contributed by atoms with E-state index in [9.17, 15) is 14.4 Å².